The smallest absolute Gasteiger partial charge is 0.155 e. The molecule has 2 fully saturated rings. The third-order valence-electron chi connectivity index (χ3n) is 8.59. The highest BCUT2D eigenvalue weighted by Gasteiger charge is 2.35. The Morgan fingerprint density at radius 1 is 1.15 bits per heavy atom. The number of allylic oxidation sites excluding steroid dienone is 1. The van der Waals surface area contributed by atoms with Gasteiger partial charge in [-0.1, -0.05) is 29.8 Å². The molecule has 13 heteroatoms. The molecule has 0 amide bonds. The van der Waals surface area contributed by atoms with E-state index in [1.54, 1.807) is 16.9 Å². The van der Waals surface area contributed by atoms with Crippen molar-refractivity contribution in [2.24, 2.45) is 13.0 Å². The van der Waals surface area contributed by atoms with Gasteiger partial charge in [0.2, 0.25) is 0 Å². The number of ether oxygens (including phenoxy) is 3. The minimum absolute atomic E-state index is 0.0140. The molecule has 6 rings (SSSR count). The molecule has 0 radical (unpaired) electrons. The Kier molecular flexibility index (Phi) is 9.53. The first-order valence-electron chi connectivity index (χ1n) is 15.2. The lowest BCUT2D eigenvalue weighted by Gasteiger charge is -2.21. The van der Waals surface area contributed by atoms with Crippen molar-refractivity contribution in [3.63, 3.8) is 0 Å². The summed E-state index contributed by atoms with van der Waals surface area (Å²) in [6, 6.07) is 5.50. The van der Waals surface area contributed by atoms with Crippen molar-refractivity contribution in [3.8, 4) is 22.8 Å². The van der Waals surface area contributed by atoms with Crippen LogP contribution in [0, 0.1) is 5.92 Å². The molecule has 2 N–H and O–H groups in total. The van der Waals surface area contributed by atoms with Crippen molar-refractivity contribution in [1.29, 1.82) is 0 Å². The fraction of sp³-hybridized carbons (Fsp3) is 0.394. The van der Waals surface area contributed by atoms with Gasteiger partial charge in [0.05, 0.1) is 47.9 Å². The molecule has 1 unspecified atom stereocenters. The summed E-state index contributed by atoms with van der Waals surface area (Å²) in [6.07, 6.45) is 9.49. The van der Waals surface area contributed by atoms with E-state index in [0.29, 0.717) is 70.5 Å². The maximum Gasteiger partial charge on any atom is 0.155 e. The average molecular weight is 667 g/mol. The molecule has 5 heterocycles. The van der Waals surface area contributed by atoms with Crippen LogP contribution >= 0.6 is 23.2 Å². The lowest BCUT2D eigenvalue weighted by molar-refractivity contribution is -0.115. The molecule has 11 nitrogen and oxygen atoms in total. The second-order valence-electron chi connectivity index (χ2n) is 11.6. The Bertz CT molecular complexity index is 1730. The largest absolute Gasteiger partial charge is 0.495 e. The fourth-order valence-electron chi connectivity index (χ4n) is 6.17. The van der Waals surface area contributed by atoms with Gasteiger partial charge < -0.3 is 29.7 Å². The minimum Gasteiger partial charge on any atom is -0.495 e. The number of methoxy groups -OCH3 is 2. The van der Waals surface area contributed by atoms with Gasteiger partial charge in [-0.25, -0.2) is 9.97 Å². The molecule has 0 bridgehead atoms. The van der Waals surface area contributed by atoms with Crippen LogP contribution in [0.4, 0.5) is 17.3 Å². The van der Waals surface area contributed by atoms with Gasteiger partial charge in [-0.2, -0.15) is 5.10 Å². The van der Waals surface area contributed by atoms with E-state index in [-0.39, 0.29) is 23.8 Å². The van der Waals surface area contributed by atoms with E-state index in [1.807, 2.05) is 31.6 Å². The zero-order valence-corrected chi connectivity index (χ0v) is 27.6. The number of aryl methyl sites for hydroxylation is 1. The summed E-state index contributed by atoms with van der Waals surface area (Å²) in [5.41, 5.74) is 2.06. The topological polar surface area (TPSA) is 116 Å². The molecular formula is C33H37Cl2N7O4. The van der Waals surface area contributed by atoms with Crippen molar-refractivity contribution in [1.82, 2.24) is 19.7 Å². The van der Waals surface area contributed by atoms with Crippen molar-refractivity contribution < 1.29 is 19.0 Å². The number of carbonyl (C=O) groups is 1. The Balaban J connectivity index is 1.37. The van der Waals surface area contributed by atoms with Gasteiger partial charge in [0.1, 0.15) is 23.1 Å². The summed E-state index contributed by atoms with van der Waals surface area (Å²) >= 11 is 13.6. The standard InChI is InChI=1S/C33H37Cl2N7O4/c1-5-22(43)9-20-16-42(21-14-38-41(2)17-21)18-26(20)39-29-11-24-19(13-36-29)10-25(40-33(24)37-15-23-7-6-8-46-23)30-31(34)27(44-3)12-28(45-4)32(30)35/h5,10-14,17,20,23,26H,1,6-9,15-16,18H2,2-4H3,(H,36,39)(H,37,40)/t20-,23?,26+/m0/s1. The Morgan fingerprint density at radius 2 is 1.93 bits per heavy atom. The monoisotopic (exact) mass is 665 g/mol. The molecule has 2 aliphatic heterocycles. The number of benzene rings is 1. The molecule has 3 aromatic heterocycles. The number of nitrogens with zero attached hydrogens (tertiary/aromatic N) is 5. The van der Waals surface area contributed by atoms with Gasteiger partial charge in [0, 0.05) is 86.5 Å². The van der Waals surface area contributed by atoms with Crippen LogP contribution in [-0.4, -0.2) is 78.1 Å². The lowest BCUT2D eigenvalue weighted by atomic mass is 9.97. The fourth-order valence-corrected chi connectivity index (χ4v) is 6.86. The highest BCUT2D eigenvalue weighted by Crippen LogP contribution is 2.46. The van der Waals surface area contributed by atoms with Crippen LogP contribution in [0.3, 0.4) is 0 Å². The lowest BCUT2D eigenvalue weighted by Crippen LogP contribution is -2.30. The molecule has 2 saturated heterocycles. The number of aromatic nitrogens is 4. The molecule has 0 saturated carbocycles. The normalized spacial score (nSPS) is 19.4. The second kappa shape index (κ2) is 13.7. The second-order valence-corrected chi connectivity index (χ2v) is 12.4. The van der Waals surface area contributed by atoms with E-state index in [4.69, 9.17) is 47.4 Å². The summed E-state index contributed by atoms with van der Waals surface area (Å²) in [7, 11) is 4.97. The molecule has 0 aliphatic carbocycles. The average Bonchev–Trinajstić information content (AvgIpc) is 3.82. The van der Waals surface area contributed by atoms with Gasteiger partial charge in [-0.3, -0.25) is 9.48 Å². The number of halogens is 2. The zero-order valence-electron chi connectivity index (χ0n) is 26.1. The number of ketones is 1. The van der Waals surface area contributed by atoms with E-state index in [9.17, 15) is 4.79 Å². The van der Waals surface area contributed by atoms with Crippen molar-refractivity contribution in [3.05, 3.63) is 59.5 Å². The summed E-state index contributed by atoms with van der Waals surface area (Å²) in [4.78, 5) is 24.5. The first-order valence-corrected chi connectivity index (χ1v) is 16.0. The molecule has 0 spiro atoms. The number of anilines is 3. The van der Waals surface area contributed by atoms with Crippen LogP contribution in [0.1, 0.15) is 19.3 Å². The predicted molar refractivity (Wildman–Crippen MR) is 182 cm³/mol. The third-order valence-corrected chi connectivity index (χ3v) is 9.34. The van der Waals surface area contributed by atoms with Crippen LogP contribution < -0.4 is 25.0 Å². The third kappa shape index (κ3) is 6.58. The van der Waals surface area contributed by atoms with Crippen molar-refractivity contribution in [2.45, 2.75) is 31.4 Å². The summed E-state index contributed by atoms with van der Waals surface area (Å²) < 4.78 is 18.7. The van der Waals surface area contributed by atoms with Crippen molar-refractivity contribution in [2.75, 3.05) is 56.0 Å². The van der Waals surface area contributed by atoms with Gasteiger partial charge in [0.25, 0.3) is 0 Å². The molecule has 242 valence electrons. The molecule has 2 aliphatic rings. The number of fused-ring (bicyclic) bond motifs is 1. The van der Waals surface area contributed by atoms with E-state index in [0.717, 1.165) is 35.9 Å². The molecule has 46 heavy (non-hydrogen) atoms. The van der Waals surface area contributed by atoms with Crippen LogP contribution in [0.15, 0.2) is 49.4 Å². The van der Waals surface area contributed by atoms with Gasteiger partial charge in [-0.15, -0.1) is 0 Å². The van der Waals surface area contributed by atoms with Gasteiger partial charge in [0.15, 0.2) is 5.78 Å². The van der Waals surface area contributed by atoms with E-state index in [2.05, 4.69) is 27.2 Å². The Labute approximate surface area is 277 Å². The maximum absolute atomic E-state index is 12.4. The van der Waals surface area contributed by atoms with Crippen LogP contribution in [0.25, 0.3) is 22.0 Å². The summed E-state index contributed by atoms with van der Waals surface area (Å²) in [5, 5.41) is 13.8. The number of nitrogens with one attached hydrogen (secondary N) is 2. The van der Waals surface area contributed by atoms with Crippen molar-refractivity contribution >= 4 is 57.1 Å². The van der Waals surface area contributed by atoms with Crippen LogP contribution in [-0.2, 0) is 16.6 Å². The van der Waals surface area contributed by atoms with E-state index < -0.39 is 0 Å². The summed E-state index contributed by atoms with van der Waals surface area (Å²) in [6.45, 7) is 6.42. The van der Waals surface area contributed by atoms with Crippen LogP contribution in [0.5, 0.6) is 11.5 Å². The molecule has 3 atom stereocenters. The number of hydrogen-bond acceptors (Lipinski definition) is 10. The Hall–Kier alpha value is -4.06. The first kappa shape index (κ1) is 31.9. The molecular weight excluding hydrogens is 629 g/mol. The number of carbonyl (C=O) groups excluding carboxylic acids is 1. The highest BCUT2D eigenvalue weighted by molar-refractivity contribution is 6.41. The molecule has 1 aromatic carbocycles. The summed E-state index contributed by atoms with van der Waals surface area (Å²) in [5.74, 6) is 2.23. The van der Waals surface area contributed by atoms with E-state index >= 15 is 0 Å². The predicted octanol–water partition coefficient (Wildman–Crippen LogP) is 6.01. The number of rotatable bonds is 12. The Morgan fingerprint density at radius 3 is 2.59 bits per heavy atom. The first-order chi connectivity index (χ1) is 22.3. The van der Waals surface area contributed by atoms with Gasteiger partial charge in [-0.05, 0) is 31.1 Å². The number of hydrogen-bond donors (Lipinski definition) is 2. The van der Waals surface area contributed by atoms with Crippen LogP contribution in [0.2, 0.25) is 10.0 Å². The SMILES string of the molecule is C=CC(=O)C[C@H]1CN(c2cnn(C)c2)C[C@H]1Nc1cc2c(NCC3CCCO3)nc(-c3c(Cl)c(OC)cc(OC)c3Cl)cc2cn1. The quantitative estimate of drug-likeness (QED) is 0.174. The maximum atomic E-state index is 12.4. The zero-order chi connectivity index (χ0) is 32.4. The van der Waals surface area contributed by atoms with Gasteiger partial charge >= 0.3 is 0 Å². The number of pyridine rings is 2. The van der Waals surface area contributed by atoms with E-state index in [1.165, 1.54) is 20.3 Å². The molecule has 4 aromatic rings. The highest BCUT2D eigenvalue weighted by atomic mass is 35.5. The minimum atomic E-state index is -0.0357.